The normalized spacial score (nSPS) is 21.7. The van der Waals surface area contributed by atoms with Crippen LogP contribution in [-0.2, 0) is 16.8 Å². The molecule has 0 saturated carbocycles. The van der Waals surface area contributed by atoms with Crippen LogP contribution in [0.3, 0.4) is 0 Å². The quantitative estimate of drug-likeness (QED) is 0.452. The van der Waals surface area contributed by atoms with E-state index in [0.29, 0.717) is 6.42 Å². The van der Waals surface area contributed by atoms with Gasteiger partial charge in [0.15, 0.2) is 5.60 Å². The molecule has 3 heterocycles. The highest BCUT2D eigenvalue weighted by Gasteiger charge is 2.53. The number of phenols is 2. The molecule has 7 nitrogen and oxygen atoms in total. The molecule has 0 radical (unpaired) electrons. The van der Waals surface area contributed by atoms with Gasteiger partial charge >= 0.3 is 0 Å². The fourth-order valence-corrected chi connectivity index (χ4v) is 3.89. The summed E-state index contributed by atoms with van der Waals surface area (Å²) in [4.78, 5) is 13.2. The van der Waals surface area contributed by atoms with Gasteiger partial charge in [0.25, 0.3) is 6.29 Å². The highest BCUT2D eigenvalue weighted by Crippen LogP contribution is 2.52. The van der Waals surface area contributed by atoms with E-state index in [-0.39, 0.29) is 39.0 Å². The van der Waals surface area contributed by atoms with Gasteiger partial charge in [0.1, 0.15) is 39.2 Å². The van der Waals surface area contributed by atoms with Crippen LogP contribution in [0.2, 0.25) is 0 Å². The zero-order valence-electron chi connectivity index (χ0n) is 15.7. The maximum Gasteiger partial charge on any atom is 0.277 e. The third kappa shape index (κ3) is 2.31. The lowest BCUT2D eigenvalue weighted by molar-refractivity contribution is -0.110. The standard InChI is InChI=1S/C22H18O7/c1-10(2)3-4-11-5-6-12(23)15-18(24)16-13(28-20(11)15)9-14-17(19(16)25)22(26)7-8-27-21(22)29-14/h3,5-9,21,23,25-26H,4H2,1-2H3/t21-,22-/m1/s1. The molecule has 1 aromatic heterocycles. The summed E-state index contributed by atoms with van der Waals surface area (Å²) >= 11 is 0. The van der Waals surface area contributed by atoms with Crippen LogP contribution in [-0.4, -0.2) is 21.6 Å². The average molecular weight is 394 g/mol. The number of rotatable bonds is 2. The van der Waals surface area contributed by atoms with Crippen molar-refractivity contribution in [3.05, 3.63) is 63.5 Å². The molecule has 2 atom stereocenters. The Kier molecular flexibility index (Phi) is 3.51. The molecule has 0 bridgehead atoms. The number of phenolic OH excluding ortho intramolecular Hbond substituents is 2. The summed E-state index contributed by atoms with van der Waals surface area (Å²) in [5.74, 6) is -0.531. The second kappa shape index (κ2) is 5.78. The fraction of sp³-hybridized carbons (Fsp3) is 0.227. The van der Waals surface area contributed by atoms with E-state index in [1.54, 1.807) is 6.07 Å². The topological polar surface area (TPSA) is 109 Å². The van der Waals surface area contributed by atoms with E-state index in [9.17, 15) is 20.1 Å². The Morgan fingerprint density at radius 1 is 1.24 bits per heavy atom. The number of hydrogen-bond acceptors (Lipinski definition) is 7. The Morgan fingerprint density at radius 2 is 2.03 bits per heavy atom. The van der Waals surface area contributed by atoms with E-state index in [2.05, 4.69) is 0 Å². The van der Waals surface area contributed by atoms with Crippen LogP contribution < -0.4 is 10.2 Å². The van der Waals surface area contributed by atoms with Crippen molar-refractivity contribution in [1.82, 2.24) is 0 Å². The minimum atomic E-state index is -1.71. The molecular formula is C22H18O7. The lowest BCUT2D eigenvalue weighted by Crippen LogP contribution is -2.33. The van der Waals surface area contributed by atoms with Crippen LogP contribution >= 0.6 is 0 Å². The smallest absolute Gasteiger partial charge is 0.277 e. The van der Waals surface area contributed by atoms with Crippen LogP contribution in [0.1, 0.15) is 25.0 Å². The summed E-state index contributed by atoms with van der Waals surface area (Å²) < 4.78 is 16.8. The van der Waals surface area contributed by atoms with Gasteiger partial charge in [-0.3, -0.25) is 4.79 Å². The SMILES string of the molecule is CC(C)=CCc1ccc(O)c2c(=O)c3c(O)c4c(cc3oc12)O[C@H]1OC=C[C@@]41O. The lowest BCUT2D eigenvalue weighted by Gasteiger charge is -2.18. The van der Waals surface area contributed by atoms with Gasteiger partial charge in [-0.15, -0.1) is 0 Å². The van der Waals surface area contributed by atoms with E-state index in [1.807, 2.05) is 19.9 Å². The van der Waals surface area contributed by atoms with Gasteiger partial charge in [0.05, 0.1) is 11.8 Å². The minimum absolute atomic E-state index is 0.0203. The van der Waals surface area contributed by atoms with E-state index in [4.69, 9.17) is 13.9 Å². The molecule has 3 N–H and O–H groups in total. The van der Waals surface area contributed by atoms with Gasteiger partial charge in [-0.05, 0) is 38.0 Å². The zero-order valence-corrected chi connectivity index (χ0v) is 15.7. The summed E-state index contributed by atoms with van der Waals surface area (Å²) in [6.45, 7) is 3.93. The Bertz CT molecular complexity index is 1310. The number of benzene rings is 2. The second-order valence-electron chi connectivity index (χ2n) is 7.55. The van der Waals surface area contributed by atoms with Crippen LogP contribution in [0.15, 0.2) is 51.4 Å². The van der Waals surface area contributed by atoms with Gasteiger partial charge < -0.3 is 29.2 Å². The van der Waals surface area contributed by atoms with Crippen molar-refractivity contribution in [2.75, 3.05) is 0 Å². The van der Waals surface area contributed by atoms with Crippen molar-refractivity contribution >= 4 is 21.9 Å². The van der Waals surface area contributed by atoms with Crippen LogP contribution in [0.5, 0.6) is 17.2 Å². The van der Waals surface area contributed by atoms with Gasteiger partial charge in [0.2, 0.25) is 5.43 Å². The molecule has 2 aliphatic rings. The maximum absolute atomic E-state index is 13.2. The molecule has 5 rings (SSSR count). The average Bonchev–Trinajstić information content (AvgIpc) is 3.13. The third-order valence-corrected chi connectivity index (χ3v) is 5.36. The lowest BCUT2D eigenvalue weighted by atomic mass is 9.92. The highest BCUT2D eigenvalue weighted by atomic mass is 16.7. The number of ether oxygens (including phenoxy) is 2. The predicted octanol–water partition coefficient (Wildman–Crippen LogP) is 3.32. The molecule has 0 fully saturated rings. The molecule has 2 aromatic carbocycles. The number of hydrogen-bond donors (Lipinski definition) is 3. The van der Waals surface area contributed by atoms with Crippen LogP contribution in [0.4, 0.5) is 0 Å². The number of aromatic hydroxyl groups is 2. The highest BCUT2D eigenvalue weighted by molar-refractivity contribution is 5.98. The zero-order chi connectivity index (χ0) is 20.5. The summed E-state index contributed by atoms with van der Waals surface area (Å²) in [7, 11) is 0. The van der Waals surface area contributed by atoms with Crippen molar-refractivity contribution in [2.45, 2.75) is 32.2 Å². The minimum Gasteiger partial charge on any atom is -0.507 e. The van der Waals surface area contributed by atoms with E-state index in [1.165, 1.54) is 24.5 Å². The molecular weight excluding hydrogens is 376 g/mol. The van der Waals surface area contributed by atoms with E-state index >= 15 is 0 Å². The summed E-state index contributed by atoms with van der Waals surface area (Å²) in [5, 5.41) is 31.9. The van der Waals surface area contributed by atoms with Crippen molar-refractivity contribution in [2.24, 2.45) is 0 Å². The van der Waals surface area contributed by atoms with Crippen molar-refractivity contribution in [1.29, 1.82) is 0 Å². The van der Waals surface area contributed by atoms with Crippen LogP contribution in [0, 0.1) is 0 Å². The van der Waals surface area contributed by atoms with Gasteiger partial charge in [-0.25, -0.2) is 0 Å². The Morgan fingerprint density at radius 3 is 2.79 bits per heavy atom. The monoisotopic (exact) mass is 394 g/mol. The molecule has 148 valence electrons. The molecule has 0 unspecified atom stereocenters. The van der Waals surface area contributed by atoms with Crippen molar-refractivity contribution < 1.29 is 29.2 Å². The first-order chi connectivity index (χ1) is 13.8. The summed E-state index contributed by atoms with van der Waals surface area (Å²) in [6, 6.07) is 4.58. The summed E-state index contributed by atoms with van der Waals surface area (Å²) in [6.07, 6.45) is 4.08. The Labute approximate surface area is 164 Å². The second-order valence-corrected chi connectivity index (χ2v) is 7.55. The molecule has 0 amide bonds. The maximum atomic E-state index is 13.2. The van der Waals surface area contributed by atoms with Crippen molar-refractivity contribution in [3.8, 4) is 17.2 Å². The largest absolute Gasteiger partial charge is 0.507 e. The first kappa shape index (κ1) is 17.6. The van der Waals surface area contributed by atoms with Crippen molar-refractivity contribution in [3.63, 3.8) is 0 Å². The van der Waals surface area contributed by atoms with Crippen LogP contribution in [0.25, 0.3) is 21.9 Å². The van der Waals surface area contributed by atoms with Gasteiger partial charge in [-0.1, -0.05) is 17.7 Å². The van der Waals surface area contributed by atoms with Gasteiger partial charge in [-0.2, -0.15) is 0 Å². The number of fused-ring (bicyclic) bond motifs is 5. The third-order valence-electron chi connectivity index (χ3n) is 5.36. The van der Waals surface area contributed by atoms with E-state index < -0.39 is 23.1 Å². The van der Waals surface area contributed by atoms with E-state index in [0.717, 1.165) is 11.1 Å². The molecule has 2 aliphatic heterocycles. The Hall–Kier alpha value is -3.45. The Balaban J connectivity index is 1.86. The molecule has 0 aliphatic carbocycles. The van der Waals surface area contributed by atoms with Gasteiger partial charge in [0, 0.05) is 6.07 Å². The first-order valence-electron chi connectivity index (χ1n) is 9.14. The molecule has 7 heteroatoms. The molecule has 0 saturated heterocycles. The fourth-order valence-electron chi connectivity index (χ4n) is 3.89. The number of aliphatic hydroxyl groups is 1. The molecule has 0 spiro atoms. The number of allylic oxidation sites excluding steroid dienone is 2. The predicted molar refractivity (Wildman–Crippen MR) is 105 cm³/mol. The first-order valence-corrected chi connectivity index (χ1v) is 9.14. The molecule has 29 heavy (non-hydrogen) atoms. The molecule has 3 aromatic rings. The summed E-state index contributed by atoms with van der Waals surface area (Å²) in [5.41, 5.74) is -0.0966.